The van der Waals surface area contributed by atoms with E-state index in [1.807, 2.05) is 63.2 Å². The summed E-state index contributed by atoms with van der Waals surface area (Å²) in [6.45, 7) is 4.63. The highest BCUT2D eigenvalue weighted by Crippen LogP contribution is 2.28. The number of ketones is 1. The van der Waals surface area contributed by atoms with E-state index >= 15 is 0 Å². The fourth-order valence-corrected chi connectivity index (χ4v) is 5.56. The number of imide groups is 1. The number of ether oxygens (including phenoxy) is 1. The number of nitrogens with zero attached hydrogens (tertiary/aromatic N) is 2. The number of rotatable bonds is 17. The molecule has 3 atom stereocenters. The molecule has 0 saturated heterocycles. The Balaban J connectivity index is 1.59. The van der Waals surface area contributed by atoms with Crippen LogP contribution in [0.4, 0.5) is 0 Å². The summed E-state index contributed by atoms with van der Waals surface area (Å²) in [6, 6.07) is 17.5. The van der Waals surface area contributed by atoms with Gasteiger partial charge in [0, 0.05) is 19.5 Å². The number of furan rings is 1. The van der Waals surface area contributed by atoms with Gasteiger partial charge in [-0.05, 0) is 56.3 Å². The normalized spacial score (nSPS) is 14.7. The lowest BCUT2D eigenvalue weighted by Gasteiger charge is -2.30. The molecule has 12 nitrogen and oxygen atoms in total. The van der Waals surface area contributed by atoms with E-state index in [1.165, 1.54) is 18.2 Å². The molecular weight excluding hydrogens is 604 g/mol. The van der Waals surface area contributed by atoms with Gasteiger partial charge in [0.2, 0.25) is 17.6 Å². The van der Waals surface area contributed by atoms with E-state index in [9.17, 15) is 29.2 Å². The summed E-state index contributed by atoms with van der Waals surface area (Å²) in [5.74, 6) is -5.29. The van der Waals surface area contributed by atoms with Crippen LogP contribution in [-0.4, -0.2) is 84.3 Å². The number of benzene rings is 2. The van der Waals surface area contributed by atoms with Gasteiger partial charge in [0.15, 0.2) is 5.76 Å². The van der Waals surface area contributed by atoms with Crippen LogP contribution in [0.25, 0.3) is 0 Å². The van der Waals surface area contributed by atoms with Crippen molar-refractivity contribution in [3.8, 4) is 0 Å². The molecule has 47 heavy (non-hydrogen) atoms. The third-order valence-corrected chi connectivity index (χ3v) is 8.00. The SMILES string of the molecule is CC(C)C[C@@H](C(=O)N[C@@H](Cc1ccccc1)C(=O)c1ccc(COCCN(C)C)o1)C(CN1C(=O)c2ccccc2C1=O)C(=O)NO. The number of amides is 4. The van der Waals surface area contributed by atoms with Crippen molar-refractivity contribution in [2.45, 2.75) is 39.3 Å². The maximum Gasteiger partial charge on any atom is 0.261 e. The van der Waals surface area contributed by atoms with Gasteiger partial charge < -0.3 is 19.4 Å². The molecule has 0 spiro atoms. The number of carbonyl (C=O) groups is 5. The van der Waals surface area contributed by atoms with Gasteiger partial charge in [0.1, 0.15) is 12.4 Å². The number of likely N-dealkylation sites (N-methyl/N-ethyl adjacent to an activating group) is 1. The Bertz CT molecular complexity index is 1530. The summed E-state index contributed by atoms with van der Waals surface area (Å²) in [6.07, 6.45) is 0.291. The molecule has 2 heterocycles. The number of hydrogen-bond donors (Lipinski definition) is 3. The van der Waals surface area contributed by atoms with E-state index in [0.717, 1.165) is 17.0 Å². The highest BCUT2D eigenvalue weighted by Gasteiger charge is 2.43. The maximum absolute atomic E-state index is 14.1. The predicted molar refractivity (Wildman–Crippen MR) is 171 cm³/mol. The molecule has 0 bridgehead atoms. The Hall–Kier alpha value is -4.65. The molecule has 2 aromatic carbocycles. The topological polar surface area (TPSA) is 158 Å². The second kappa shape index (κ2) is 16.3. The molecule has 0 aliphatic carbocycles. The molecule has 1 aliphatic rings. The highest BCUT2D eigenvalue weighted by atomic mass is 16.5. The molecule has 3 aromatic rings. The number of hydrogen-bond acceptors (Lipinski definition) is 9. The van der Waals surface area contributed by atoms with Gasteiger partial charge in [0.05, 0.1) is 35.6 Å². The van der Waals surface area contributed by atoms with Crippen LogP contribution in [0.1, 0.15) is 62.9 Å². The van der Waals surface area contributed by atoms with E-state index < -0.39 is 53.8 Å². The standard InChI is InChI=1S/C35H42N4O8/c1-22(2)18-27(28(33(42)37-45)20-39-34(43)25-12-8-9-13-26(25)35(39)44)32(41)36-29(19-23-10-6-5-7-11-23)31(40)30-15-14-24(47-30)21-46-17-16-38(3)4/h5-15,22,27-29,45H,16-21H2,1-4H3,(H,36,41)(H,37,42)/t27-,28?,29+/m1/s1. The van der Waals surface area contributed by atoms with Gasteiger partial charge in [0.25, 0.3) is 11.8 Å². The second-order valence-electron chi connectivity index (χ2n) is 12.3. The molecule has 0 radical (unpaired) electrons. The Labute approximate surface area is 274 Å². The third-order valence-electron chi connectivity index (χ3n) is 8.00. The minimum Gasteiger partial charge on any atom is -0.455 e. The molecule has 1 aliphatic heterocycles. The summed E-state index contributed by atoms with van der Waals surface area (Å²) in [5.41, 5.74) is 2.77. The minimum absolute atomic E-state index is 0.0357. The zero-order chi connectivity index (χ0) is 34.1. The molecule has 250 valence electrons. The zero-order valence-electron chi connectivity index (χ0n) is 27.1. The largest absolute Gasteiger partial charge is 0.455 e. The molecule has 4 amide bonds. The first-order valence-electron chi connectivity index (χ1n) is 15.6. The predicted octanol–water partition coefficient (Wildman–Crippen LogP) is 3.35. The van der Waals surface area contributed by atoms with Gasteiger partial charge in [-0.25, -0.2) is 5.48 Å². The second-order valence-corrected chi connectivity index (χ2v) is 12.3. The van der Waals surface area contributed by atoms with Crippen molar-refractivity contribution >= 4 is 29.4 Å². The van der Waals surface area contributed by atoms with E-state index in [-0.39, 0.29) is 42.3 Å². The Kier molecular flexibility index (Phi) is 12.2. The van der Waals surface area contributed by atoms with E-state index in [0.29, 0.717) is 12.4 Å². The van der Waals surface area contributed by atoms with Crippen LogP contribution in [0.3, 0.4) is 0 Å². The molecular formula is C35H42N4O8. The molecule has 0 saturated carbocycles. The van der Waals surface area contributed by atoms with Gasteiger partial charge in [-0.2, -0.15) is 0 Å². The average Bonchev–Trinajstić information content (AvgIpc) is 3.62. The molecule has 0 fully saturated rings. The first-order chi connectivity index (χ1) is 22.5. The first-order valence-corrected chi connectivity index (χ1v) is 15.6. The van der Waals surface area contributed by atoms with Crippen molar-refractivity contribution in [2.75, 3.05) is 33.8 Å². The van der Waals surface area contributed by atoms with Gasteiger partial charge in [-0.3, -0.25) is 34.1 Å². The summed E-state index contributed by atoms with van der Waals surface area (Å²) in [4.78, 5) is 70.3. The number of Topliss-reactive ketones (excluding diaryl/α,β-unsaturated/α-hetero) is 1. The van der Waals surface area contributed by atoms with Crippen molar-refractivity contribution < 1.29 is 38.3 Å². The van der Waals surface area contributed by atoms with Crippen LogP contribution in [0.15, 0.2) is 71.1 Å². The number of hydroxylamine groups is 1. The molecule has 1 unspecified atom stereocenters. The monoisotopic (exact) mass is 646 g/mol. The Morgan fingerprint density at radius 3 is 2.13 bits per heavy atom. The zero-order valence-corrected chi connectivity index (χ0v) is 27.1. The van der Waals surface area contributed by atoms with Crippen molar-refractivity contribution in [1.29, 1.82) is 0 Å². The number of carbonyl (C=O) groups excluding carboxylic acids is 5. The summed E-state index contributed by atoms with van der Waals surface area (Å²) < 4.78 is 11.4. The van der Waals surface area contributed by atoms with E-state index in [2.05, 4.69) is 5.32 Å². The number of fused-ring (bicyclic) bond motifs is 1. The molecule has 4 rings (SSSR count). The van der Waals surface area contributed by atoms with Crippen LogP contribution in [0.5, 0.6) is 0 Å². The molecule has 12 heteroatoms. The molecule has 1 aromatic heterocycles. The van der Waals surface area contributed by atoms with Crippen LogP contribution < -0.4 is 10.8 Å². The Morgan fingerprint density at radius 2 is 1.53 bits per heavy atom. The van der Waals surface area contributed by atoms with Gasteiger partial charge >= 0.3 is 0 Å². The fourth-order valence-electron chi connectivity index (χ4n) is 5.56. The van der Waals surface area contributed by atoms with Gasteiger partial charge in [-0.1, -0.05) is 56.3 Å². The summed E-state index contributed by atoms with van der Waals surface area (Å²) >= 11 is 0. The van der Waals surface area contributed by atoms with Crippen LogP contribution >= 0.6 is 0 Å². The van der Waals surface area contributed by atoms with E-state index in [1.54, 1.807) is 23.7 Å². The van der Waals surface area contributed by atoms with Crippen LogP contribution in [0, 0.1) is 17.8 Å². The minimum atomic E-state index is -1.31. The van der Waals surface area contributed by atoms with Crippen molar-refractivity contribution in [2.24, 2.45) is 17.8 Å². The Morgan fingerprint density at radius 1 is 0.894 bits per heavy atom. The highest BCUT2D eigenvalue weighted by molar-refractivity contribution is 6.21. The lowest BCUT2D eigenvalue weighted by molar-refractivity contribution is -0.141. The van der Waals surface area contributed by atoms with Gasteiger partial charge in [-0.15, -0.1) is 0 Å². The lowest BCUT2D eigenvalue weighted by Crippen LogP contribution is -2.51. The van der Waals surface area contributed by atoms with Crippen molar-refractivity contribution in [3.63, 3.8) is 0 Å². The first kappa shape index (κ1) is 35.2. The summed E-state index contributed by atoms with van der Waals surface area (Å²) in [5, 5.41) is 12.5. The number of nitrogens with one attached hydrogen (secondary N) is 2. The van der Waals surface area contributed by atoms with Crippen LogP contribution in [-0.2, 0) is 27.4 Å². The average molecular weight is 647 g/mol. The third kappa shape index (κ3) is 9.00. The van der Waals surface area contributed by atoms with E-state index in [4.69, 9.17) is 9.15 Å². The van der Waals surface area contributed by atoms with Crippen LogP contribution in [0.2, 0.25) is 0 Å². The van der Waals surface area contributed by atoms with Crippen molar-refractivity contribution in [3.05, 3.63) is 94.9 Å². The summed E-state index contributed by atoms with van der Waals surface area (Å²) in [7, 11) is 3.87. The maximum atomic E-state index is 14.1. The van der Waals surface area contributed by atoms with Crippen molar-refractivity contribution in [1.82, 2.24) is 20.6 Å². The molecule has 3 N–H and O–H groups in total. The quantitative estimate of drug-likeness (QED) is 0.0658. The fraction of sp³-hybridized carbons (Fsp3) is 0.400. The smallest absolute Gasteiger partial charge is 0.261 e. The lowest BCUT2D eigenvalue weighted by atomic mass is 9.83.